The first-order valence-corrected chi connectivity index (χ1v) is 8.87. The summed E-state index contributed by atoms with van der Waals surface area (Å²) in [5.74, 6) is 0. The highest BCUT2D eigenvalue weighted by Gasteiger charge is 2.22. The van der Waals surface area contributed by atoms with Gasteiger partial charge in [0.1, 0.15) is 0 Å². The largest absolute Gasteiger partial charge is 0.264 e. The highest BCUT2D eigenvalue weighted by molar-refractivity contribution is 7.93. The first kappa shape index (κ1) is 17.9. The Morgan fingerprint density at radius 2 is 1.72 bits per heavy atom. The van der Waals surface area contributed by atoms with E-state index in [9.17, 15) is 12.7 Å². The highest BCUT2D eigenvalue weighted by atomic mass is 32.2. The zero-order valence-corrected chi connectivity index (χ0v) is 14.9. The molecule has 3 aromatic rings. The van der Waals surface area contributed by atoms with Crippen LogP contribution in [-0.4, -0.2) is 8.96 Å². The van der Waals surface area contributed by atoms with Crippen molar-refractivity contribution in [3.63, 3.8) is 0 Å². The normalized spacial score (nSPS) is 13.0. The lowest BCUT2D eigenvalue weighted by Crippen LogP contribution is -1.96. The number of benzene rings is 1. The van der Waals surface area contributed by atoms with Crippen LogP contribution in [0.25, 0.3) is 22.3 Å². The fourth-order valence-electron chi connectivity index (χ4n) is 2.66. The Morgan fingerprint density at radius 3 is 2.32 bits per heavy atom. The van der Waals surface area contributed by atoms with Crippen LogP contribution in [0.5, 0.6) is 0 Å². The molecule has 4 rings (SSSR count). The summed E-state index contributed by atoms with van der Waals surface area (Å²) in [5, 5.41) is 0.759. The lowest BCUT2D eigenvalue weighted by atomic mass is 10.0. The fraction of sp³-hybridized carbons (Fsp3) is 0.316. The summed E-state index contributed by atoms with van der Waals surface area (Å²) in [7, 11) is 0. The minimum Gasteiger partial charge on any atom is -0.239 e. The molecule has 2 nitrogen and oxygen atoms in total. The maximum atomic E-state index is 13.5. The number of hydrogen-bond donors (Lipinski definition) is 0. The van der Waals surface area contributed by atoms with Crippen molar-refractivity contribution < 1.29 is 12.7 Å². The van der Waals surface area contributed by atoms with E-state index in [0.717, 1.165) is 16.6 Å². The summed E-state index contributed by atoms with van der Waals surface area (Å²) in [6.07, 6.45) is 1.88. The average Bonchev–Trinajstić information content (AvgIpc) is 3.45. The molecule has 0 radical (unpaired) electrons. The van der Waals surface area contributed by atoms with Gasteiger partial charge in [-0.1, -0.05) is 43.5 Å². The lowest BCUT2D eigenvalue weighted by Gasteiger charge is -2.11. The van der Waals surface area contributed by atoms with Crippen LogP contribution in [0, 0.1) is 13.8 Å². The van der Waals surface area contributed by atoms with E-state index in [1.807, 2.05) is 19.1 Å². The number of hydrogen-bond acceptors (Lipinski definition) is 2. The number of fused-ring (bicyclic) bond motifs is 1. The second kappa shape index (κ2) is 7.52. The summed E-state index contributed by atoms with van der Waals surface area (Å²) in [4.78, 5) is 4.34. The Morgan fingerprint density at radius 1 is 1.04 bits per heavy atom. The van der Waals surface area contributed by atoms with Crippen LogP contribution in [-0.2, 0) is 0 Å². The molecule has 1 saturated carbocycles. The second-order valence-corrected chi connectivity index (χ2v) is 6.61. The standard InChI is InChI=1S/C16H13F3N2S.C3H6/c1-9-7-8-11-10(2)14(21(22-19)16(11)20-9)12-5-3-4-6-13(12)15(17)18;1-2-3-1/h3-8,15H,1-2H3;1-3H2. The minimum absolute atomic E-state index is 0.0210. The number of nitrogens with zero attached hydrogens (tertiary/aromatic N) is 2. The zero-order valence-electron chi connectivity index (χ0n) is 14.1. The minimum atomic E-state index is -2.62. The summed E-state index contributed by atoms with van der Waals surface area (Å²) >= 11 is -0.0210. The van der Waals surface area contributed by atoms with Crippen molar-refractivity contribution in [3.8, 4) is 11.3 Å². The molecule has 25 heavy (non-hydrogen) atoms. The number of pyridine rings is 1. The maximum absolute atomic E-state index is 13.5. The molecule has 2 aromatic heterocycles. The van der Waals surface area contributed by atoms with E-state index in [4.69, 9.17) is 0 Å². The molecule has 0 bridgehead atoms. The van der Waals surface area contributed by atoms with Crippen molar-refractivity contribution in [2.45, 2.75) is 39.5 Å². The molecule has 1 aliphatic carbocycles. The predicted molar refractivity (Wildman–Crippen MR) is 97.5 cm³/mol. The van der Waals surface area contributed by atoms with Gasteiger partial charge in [-0.25, -0.2) is 17.7 Å². The van der Waals surface area contributed by atoms with E-state index in [1.54, 1.807) is 25.1 Å². The molecule has 0 spiro atoms. The molecule has 0 aliphatic heterocycles. The monoisotopic (exact) mass is 364 g/mol. The summed E-state index contributed by atoms with van der Waals surface area (Å²) in [5.41, 5.74) is 2.58. The molecule has 6 heteroatoms. The zero-order chi connectivity index (χ0) is 18.0. The molecule has 0 atom stereocenters. The van der Waals surface area contributed by atoms with Gasteiger partial charge < -0.3 is 0 Å². The van der Waals surface area contributed by atoms with E-state index in [2.05, 4.69) is 4.98 Å². The van der Waals surface area contributed by atoms with Gasteiger partial charge in [-0.15, -0.1) is 3.89 Å². The van der Waals surface area contributed by atoms with Crippen LogP contribution in [0.3, 0.4) is 0 Å². The predicted octanol–water partition coefficient (Wildman–Crippen LogP) is 6.81. The van der Waals surface area contributed by atoms with Crippen molar-refractivity contribution in [2.24, 2.45) is 0 Å². The van der Waals surface area contributed by atoms with Crippen LogP contribution in [0.2, 0.25) is 0 Å². The van der Waals surface area contributed by atoms with Crippen molar-refractivity contribution >= 4 is 23.4 Å². The first-order valence-electron chi connectivity index (χ1n) is 8.19. The van der Waals surface area contributed by atoms with E-state index in [-0.39, 0.29) is 17.9 Å². The third kappa shape index (κ3) is 3.68. The van der Waals surface area contributed by atoms with Crippen LogP contribution >= 0.6 is 12.3 Å². The second-order valence-electron chi connectivity index (χ2n) is 6.11. The van der Waals surface area contributed by atoms with Gasteiger partial charge in [0, 0.05) is 22.2 Å². The van der Waals surface area contributed by atoms with Gasteiger partial charge in [-0.2, -0.15) is 0 Å². The Labute approximate surface area is 149 Å². The van der Waals surface area contributed by atoms with Gasteiger partial charge >= 0.3 is 0 Å². The third-order valence-corrected chi connectivity index (χ3v) is 4.54. The molecule has 0 N–H and O–H groups in total. The highest BCUT2D eigenvalue weighted by Crippen LogP contribution is 2.39. The summed E-state index contributed by atoms with van der Waals surface area (Å²) in [6.45, 7) is 3.60. The Kier molecular flexibility index (Phi) is 5.37. The van der Waals surface area contributed by atoms with Crippen molar-refractivity contribution in [3.05, 3.63) is 53.2 Å². The number of aromatic nitrogens is 2. The summed E-state index contributed by atoms with van der Waals surface area (Å²) < 4.78 is 41.4. The Hall–Kier alpha value is -1.95. The van der Waals surface area contributed by atoms with E-state index in [1.165, 1.54) is 29.3 Å². The number of aryl methyl sites for hydroxylation is 2. The molecular formula is C19H19F3N2S. The van der Waals surface area contributed by atoms with Gasteiger partial charge in [0.2, 0.25) is 0 Å². The molecule has 0 amide bonds. The van der Waals surface area contributed by atoms with Crippen LogP contribution in [0.15, 0.2) is 36.4 Å². The van der Waals surface area contributed by atoms with Crippen molar-refractivity contribution in [2.75, 3.05) is 0 Å². The van der Waals surface area contributed by atoms with E-state index < -0.39 is 6.43 Å². The molecule has 2 heterocycles. The first-order chi connectivity index (χ1) is 12.0. The average molecular weight is 364 g/mol. The Bertz CT molecular complexity index is 885. The van der Waals surface area contributed by atoms with E-state index in [0.29, 0.717) is 16.9 Å². The molecule has 1 fully saturated rings. The van der Waals surface area contributed by atoms with Gasteiger partial charge in [0.25, 0.3) is 6.43 Å². The van der Waals surface area contributed by atoms with Crippen molar-refractivity contribution in [1.29, 1.82) is 0 Å². The van der Waals surface area contributed by atoms with Gasteiger partial charge in [-0.3, -0.25) is 0 Å². The Balaban J connectivity index is 0.000000549. The molecule has 1 aromatic carbocycles. The number of rotatable bonds is 3. The van der Waals surface area contributed by atoms with Crippen molar-refractivity contribution in [1.82, 2.24) is 8.96 Å². The number of halogens is 3. The van der Waals surface area contributed by atoms with Gasteiger partial charge in [0.15, 0.2) is 18.0 Å². The molecule has 1 aliphatic rings. The summed E-state index contributed by atoms with van der Waals surface area (Å²) in [6, 6.07) is 9.84. The van der Waals surface area contributed by atoms with Crippen LogP contribution in [0.4, 0.5) is 12.7 Å². The van der Waals surface area contributed by atoms with Crippen LogP contribution in [0.1, 0.15) is 42.5 Å². The molecule has 132 valence electrons. The van der Waals surface area contributed by atoms with E-state index >= 15 is 0 Å². The molecule has 0 unspecified atom stereocenters. The van der Waals surface area contributed by atoms with Crippen LogP contribution < -0.4 is 0 Å². The lowest BCUT2D eigenvalue weighted by molar-refractivity contribution is 0.152. The topological polar surface area (TPSA) is 17.8 Å². The van der Waals surface area contributed by atoms with Gasteiger partial charge in [0.05, 0.1) is 5.69 Å². The smallest absolute Gasteiger partial charge is 0.239 e. The fourth-order valence-corrected chi connectivity index (χ4v) is 3.17. The molecular weight excluding hydrogens is 345 g/mol. The SMILES string of the molecule is C1CC1.Cc1ccc2c(C)c(-c3ccccc3C(F)F)n(SF)c2n1. The molecule has 0 saturated heterocycles. The third-order valence-electron chi connectivity index (χ3n) is 4.04. The van der Waals surface area contributed by atoms with Gasteiger partial charge in [-0.05, 0) is 31.5 Å². The quantitative estimate of drug-likeness (QED) is 0.508. The maximum Gasteiger partial charge on any atom is 0.264 e. The number of alkyl halides is 2.